The predicted octanol–water partition coefficient (Wildman–Crippen LogP) is 3.69. The molecule has 4 rings (SSSR count). The highest BCUT2D eigenvalue weighted by Crippen LogP contribution is 2.31. The summed E-state index contributed by atoms with van der Waals surface area (Å²) in [7, 11) is 0. The maximum absolute atomic E-state index is 5.42. The van der Waals surface area contributed by atoms with Crippen LogP contribution < -0.4 is 5.32 Å². The van der Waals surface area contributed by atoms with Gasteiger partial charge in [0.1, 0.15) is 6.54 Å². The molecular weight excluding hydrogens is 374 g/mol. The third-order valence-corrected chi connectivity index (χ3v) is 6.40. The average molecular weight is 410 g/mol. The summed E-state index contributed by atoms with van der Waals surface area (Å²) in [6.45, 7) is 10.1. The summed E-state index contributed by atoms with van der Waals surface area (Å²) in [5.74, 6) is 2.55. The van der Waals surface area contributed by atoms with Crippen molar-refractivity contribution in [3.05, 3.63) is 53.4 Å². The zero-order chi connectivity index (χ0) is 20.8. The van der Waals surface area contributed by atoms with Gasteiger partial charge < -0.3 is 14.7 Å². The highest BCUT2D eigenvalue weighted by atomic mass is 16.5. The summed E-state index contributed by atoms with van der Waals surface area (Å²) in [6.07, 6.45) is 4.69. The molecule has 0 aliphatic carbocycles. The fourth-order valence-electron chi connectivity index (χ4n) is 4.89. The number of hydrogen-bond acceptors (Lipinski definition) is 4. The number of aliphatic imine (C=N–C) groups is 1. The largest absolute Gasteiger partial charge is 0.359 e. The molecule has 6 nitrogen and oxygen atoms in total. The number of guanidine groups is 1. The lowest BCUT2D eigenvalue weighted by Crippen LogP contribution is -2.56. The van der Waals surface area contributed by atoms with E-state index in [-0.39, 0.29) is 0 Å². The number of aromatic nitrogens is 1. The van der Waals surface area contributed by atoms with Crippen LogP contribution in [0.1, 0.15) is 50.1 Å². The summed E-state index contributed by atoms with van der Waals surface area (Å²) < 4.78 is 5.42. The monoisotopic (exact) mass is 409 g/mol. The molecule has 3 heterocycles. The number of fused-ring (bicyclic) bond motifs is 1. The van der Waals surface area contributed by atoms with E-state index in [1.54, 1.807) is 0 Å². The van der Waals surface area contributed by atoms with Gasteiger partial charge in [0.05, 0.1) is 5.69 Å². The van der Waals surface area contributed by atoms with E-state index in [0.717, 1.165) is 50.0 Å². The first-order chi connectivity index (χ1) is 14.8. The zero-order valence-corrected chi connectivity index (χ0v) is 18.4. The molecule has 2 aromatic rings. The molecule has 0 radical (unpaired) electrons. The average Bonchev–Trinajstić information content (AvgIpc) is 3.25. The molecule has 2 aliphatic heterocycles. The fourth-order valence-corrected chi connectivity index (χ4v) is 4.89. The summed E-state index contributed by atoms with van der Waals surface area (Å²) in [5.41, 5.74) is 2.42. The van der Waals surface area contributed by atoms with Crippen molar-refractivity contribution in [2.45, 2.75) is 58.7 Å². The molecule has 2 fully saturated rings. The van der Waals surface area contributed by atoms with Crippen LogP contribution in [0.4, 0.5) is 0 Å². The lowest BCUT2D eigenvalue weighted by molar-refractivity contribution is 0.0372. The van der Waals surface area contributed by atoms with Gasteiger partial charge in [-0.2, -0.15) is 0 Å². The van der Waals surface area contributed by atoms with Gasteiger partial charge in [0, 0.05) is 38.3 Å². The Kier molecular flexibility index (Phi) is 7.05. The standard InChI is InChI=1S/C24H35N5O/c1-3-21-15-22(30-27-21)16-26-24(25-4-2)29-14-12-23-20(18-29)11-8-13-28(23)17-19-9-6-5-7-10-19/h5-7,9-10,15,20,23H,3-4,8,11-14,16-18H2,1-2H3,(H,25,26). The number of rotatable bonds is 6. The van der Waals surface area contributed by atoms with Crippen LogP contribution in [0.3, 0.4) is 0 Å². The first-order valence-corrected chi connectivity index (χ1v) is 11.5. The quantitative estimate of drug-likeness (QED) is 0.582. The van der Waals surface area contributed by atoms with Crippen LogP contribution in [-0.4, -0.2) is 53.1 Å². The van der Waals surface area contributed by atoms with Crippen molar-refractivity contribution >= 4 is 5.96 Å². The Balaban J connectivity index is 1.40. The Bertz CT molecular complexity index is 818. The first kappa shape index (κ1) is 20.9. The van der Waals surface area contributed by atoms with Gasteiger partial charge in [-0.1, -0.05) is 42.4 Å². The van der Waals surface area contributed by atoms with Crippen LogP contribution in [0.5, 0.6) is 0 Å². The van der Waals surface area contributed by atoms with E-state index in [1.165, 1.54) is 31.4 Å². The molecule has 30 heavy (non-hydrogen) atoms. The van der Waals surface area contributed by atoms with Gasteiger partial charge in [0.25, 0.3) is 0 Å². The number of piperidine rings is 2. The van der Waals surface area contributed by atoms with Crippen LogP contribution in [0.15, 0.2) is 45.9 Å². The third-order valence-electron chi connectivity index (χ3n) is 6.40. The van der Waals surface area contributed by atoms with Crippen molar-refractivity contribution < 1.29 is 4.52 Å². The van der Waals surface area contributed by atoms with Gasteiger partial charge in [-0.05, 0) is 50.6 Å². The highest BCUT2D eigenvalue weighted by Gasteiger charge is 2.36. The Morgan fingerprint density at radius 1 is 1.20 bits per heavy atom. The topological polar surface area (TPSA) is 56.9 Å². The summed E-state index contributed by atoms with van der Waals surface area (Å²) >= 11 is 0. The summed E-state index contributed by atoms with van der Waals surface area (Å²) in [4.78, 5) is 10.0. The second-order valence-electron chi connectivity index (χ2n) is 8.47. The minimum absolute atomic E-state index is 0.542. The smallest absolute Gasteiger partial charge is 0.194 e. The van der Waals surface area contributed by atoms with E-state index < -0.39 is 0 Å². The molecule has 1 aromatic carbocycles. The third kappa shape index (κ3) is 5.04. The van der Waals surface area contributed by atoms with E-state index in [9.17, 15) is 0 Å². The molecular formula is C24H35N5O. The molecule has 1 aromatic heterocycles. The van der Waals surface area contributed by atoms with Gasteiger partial charge >= 0.3 is 0 Å². The second kappa shape index (κ2) is 10.1. The lowest BCUT2D eigenvalue weighted by atomic mass is 9.83. The van der Waals surface area contributed by atoms with Crippen LogP contribution in [-0.2, 0) is 19.5 Å². The van der Waals surface area contributed by atoms with Crippen molar-refractivity contribution in [2.24, 2.45) is 10.9 Å². The molecule has 1 N–H and O–H groups in total. The van der Waals surface area contributed by atoms with E-state index in [4.69, 9.17) is 9.52 Å². The minimum Gasteiger partial charge on any atom is -0.359 e. The van der Waals surface area contributed by atoms with Crippen LogP contribution in [0.25, 0.3) is 0 Å². The first-order valence-electron chi connectivity index (χ1n) is 11.5. The van der Waals surface area contributed by atoms with E-state index in [1.807, 2.05) is 6.07 Å². The maximum atomic E-state index is 5.42. The molecule has 0 amide bonds. The predicted molar refractivity (Wildman–Crippen MR) is 120 cm³/mol. The second-order valence-corrected chi connectivity index (χ2v) is 8.47. The summed E-state index contributed by atoms with van der Waals surface area (Å²) in [6, 6.07) is 13.6. The Labute approximate surface area is 180 Å². The van der Waals surface area contributed by atoms with Gasteiger partial charge in [-0.3, -0.25) is 4.90 Å². The Morgan fingerprint density at radius 2 is 2.07 bits per heavy atom. The number of aryl methyl sites for hydroxylation is 1. The van der Waals surface area contributed by atoms with Gasteiger partial charge in [0.15, 0.2) is 11.7 Å². The number of benzene rings is 1. The molecule has 162 valence electrons. The lowest BCUT2D eigenvalue weighted by Gasteiger charge is -2.48. The molecule has 0 bridgehead atoms. The molecule has 2 unspecified atom stereocenters. The molecule has 0 saturated carbocycles. The molecule has 6 heteroatoms. The maximum Gasteiger partial charge on any atom is 0.194 e. The fraction of sp³-hybridized carbons (Fsp3) is 0.583. The minimum atomic E-state index is 0.542. The molecule has 2 atom stereocenters. The number of nitrogens with one attached hydrogen (secondary N) is 1. The molecule has 0 spiro atoms. The van der Waals surface area contributed by atoms with E-state index >= 15 is 0 Å². The van der Waals surface area contributed by atoms with Crippen molar-refractivity contribution in [3.63, 3.8) is 0 Å². The van der Waals surface area contributed by atoms with Crippen LogP contribution >= 0.6 is 0 Å². The number of nitrogens with zero attached hydrogens (tertiary/aromatic N) is 4. The number of hydrogen-bond donors (Lipinski definition) is 1. The van der Waals surface area contributed by atoms with Crippen LogP contribution in [0.2, 0.25) is 0 Å². The SMILES string of the molecule is CCNC(=NCc1cc(CC)no1)N1CCC2C(CCCN2Cc2ccccc2)C1. The van der Waals surface area contributed by atoms with Crippen molar-refractivity contribution in [1.29, 1.82) is 0 Å². The normalized spacial score (nSPS) is 22.7. The van der Waals surface area contributed by atoms with Crippen molar-refractivity contribution in [1.82, 2.24) is 20.3 Å². The zero-order valence-electron chi connectivity index (χ0n) is 18.4. The summed E-state index contributed by atoms with van der Waals surface area (Å²) in [5, 5.41) is 7.57. The van der Waals surface area contributed by atoms with Crippen LogP contribution in [0, 0.1) is 5.92 Å². The van der Waals surface area contributed by atoms with Gasteiger partial charge in [-0.15, -0.1) is 0 Å². The van der Waals surface area contributed by atoms with Gasteiger partial charge in [0.2, 0.25) is 0 Å². The Hall–Kier alpha value is -2.34. The van der Waals surface area contributed by atoms with E-state index in [2.05, 4.69) is 64.5 Å². The highest BCUT2D eigenvalue weighted by molar-refractivity contribution is 5.80. The van der Waals surface area contributed by atoms with E-state index in [0.29, 0.717) is 18.5 Å². The van der Waals surface area contributed by atoms with Gasteiger partial charge in [-0.25, -0.2) is 4.99 Å². The Morgan fingerprint density at radius 3 is 2.83 bits per heavy atom. The van der Waals surface area contributed by atoms with Crippen molar-refractivity contribution in [2.75, 3.05) is 26.2 Å². The molecule has 2 saturated heterocycles. The molecule has 2 aliphatic rings. The van der Waals surface area contributed by atoms with Crippen molar-refractivity contribution in [3.8, 4) is 0 Å². The number of likely N-dealkylation sites (tertiary alicyclic amines) is 2.